The van der Waals surface area contributed by atoms with Crippen LogP contribution in [0.1, 0.15) is 18.1 Å². The number of esters is 1. The summed E-state index contributed by atoms with van der Waals surface area (Å²) < 4.78 is 6.41. The number of carboxylic acids is 1. The maximum absolute atomic E-state index is 12.4. The second-order valence-electron chi connectivity index (χ2n) is 6.01. The van der Waals surface area contributed by atoms with Gasteiger partial charge in [0.05, 0.1) is 12.5 Å². The summed E-state index contributed by atoms with van der Waals surface area (Å²) in [7, 11) is 0. The van der Waals surface area contributed by atoms with Crippen molar-refractivity contribution in [3.8, 4) is 0 Å². The molecule has 1 fully saturated rings. The van der Waals surface area contributed by atoms with Crippen LogP contribution in [0.5, 0.6) is 0 Å². The minimum Gasteiger partial charge on any atom is -0.478 e. The Morgan fingerprint density at radius 1 is 1.32 bits per heavy atom. The van der Waals surface area contributed by atoms with Crippen LogP contribution < -0.4 is 11.1 Å². The van der Waals surface area contributed by atoms with Gasteiger partial charge in [-0.05, 0) is 11.1 Å². The quantitative estimate of drug-likeness (QED) is 0.106. The summed E-state index contributed by atoms with van der Waals surface area (Å²) in [5.74, 6) is -2.87. The van der Waals surface area contributed by atoms with Gasteiger partial charge in [-0.2, -0.15) is 0 Å². The monoisotopic (exact) mass is 521 g/mol. The lowest BCUT2D eigenvalue weighted by molar-refractivity contribution is -0.156. The fourth-order valence-corrected chi connectivity index (χ4v) is 4.75. The molecule has 152 valence electrons. The van der Waals surface area contributed by atoms with Crippen molar-refractivity contribution in [1.82, 2.24) is 9.62 Å². The van der Waals surface area contributed by atoms with Gasteiger partial charge in [-0.3, -0.25) is 18.7 Å². The standard InChI is InChI=1S/C17H20IN3O6S/c1-9(22)27-17(16(25)26)28-21-12(7-18)14(15(21)24)20-13(23)6-10-2-4-11(8-19)5-3-10/h2-5,12,14,17H,6-8,19H2,1H3,(H,20,23)(H,25,26). The van der Waals surface area contributed by atoms with Crippen LogP contribution >= 0.6 is 34.5 Å². The highest BCUT2D eigenvalue weighted by molar-refractivity contribution is 14.1. The normalized spacial score (nSPS) is 19.5. The number of halogens is 1. The lowest BCUT2D eigenvalue weighted by Crippen LogP contribution is -2.69. The van der Waals surface area contributed by atoms with Crippen molar-refractivity contribution in [3.63, 3.8) is 0 Å². The van der Waals surface area contributed by atoms with E-state index in [4.69, 9.17) is 15.6 Å². The number of carbonyl (C=O) groups is 4. The average molecular weight is 521 g/mol. The first-order chi connectivity index (χ1) is 13.3. The molecule has 11 heteroatoms. The molecule has 1 aliphatic rings. The minimum atomic E-state index is -1.52. The molecule has 0 spiro atoms. The van der Waals surface area contributed by atoms with Crippen molar-refractivity contribution in [3.05, 3.63) is 35.4 Å². The largest absolute Gasteiger partial charge is 0.478 e. The Labute approximate surface area is 179 Å². The second-order valence-corrected chi connectivity index (χ2v) is 7.93. The van der Waals surface area contributed by atoms with Crippen molar-refractivity contribution in [2.75, 3.05) is 4.43 Å². The lowest BCUT2D eigenvalue weighted by atomic mass is 10.00. The molecule has 1 saturated heterocycles. The van der Waals surface area contributed by atoms with Gasteiger partial charge in [-0.15, -0.1) is 0 Å². The van der Waals surface area contributed by atoms with Crippen LogP contribution in [0.3, 0.4) is 0 Å². The number of β-lactam (4-membered cyclic amide) rings is 1. The fraction of sp³-hybridized carbons (Fsp3) is 0.412. The van der Waals surface area contributed by atoms with Gasteiger partial charge in [0, 0.05) is 29.8 Å². The van der Waals surface area contributed by atoms with Gasteiger partial charge in [-0.25, -0.2) is 4.79 Å². The summed E-state index contributed by atoms with van der Waals surface area (Å²) >= 11 is 2.67. The SMILES string of the molecule is CC(=O)OC(SN1C(=O)C(NC(=O)Cc2ccc(CN)cc2)C1CI)C(=O)O. The Balaban J connectivity index is 1.95. The van der Waals surface area contributed by atoms with E-state index in [1.165, 1.54) is 4.31 Å². The smallest absolute Gasteiger partial charge is 0.357 e. The van der Waals surface area contributed by atoms with Gasteiger partial charge in [0.15, 0.2) is 0 Å². The molecule has 9 nitrogen and oxygen atoms in total. The number of hydrogen-bond acceptors (Lipinski definition) is 7. The number of carbonyl (C=O) groups excluding carboxylic acids is 3. The summed E-state index contributed by atoms with van der Waals surface area (Å²) in [5.41, 5.74) is 5.77. The second kappa shape index (κ2) is 10.1. The summed E-state index contributed by atoms with van der Waals surface area (Å²) in [6.07, 6.45) is 0.112. The predicted molar refractivity (Wildman–Crippen MR) is 110 cm³/mol. The first-order valence-electron chi connectivity index (χ1n) is 8.30. The van der Waals surface area contributed by atoms with E-state index in [0.717, 1.165) is 18.1 Å². The van der Waals surface area contributed by atoms with Gasteiger partial charge in [0.25, 0.3) is 11.3 Å². The Morgan fingerprint density at radius 3 is 2.43 bits per heavy atom. The maximum atomic E-state index is 12.4. The predicted octanol–water partition coefficient (Wildman–Crippen LogP) is 0.440. The Morgan fingerprint density at radius 2 is 1.93 bits per heavy atom. The minimum absolute atomic E-state index is 0.112. The highest BCUT2D eigenvalue weighted by Gasteiger charge is 2.50. The average Bonchev–Trinajstić information content (AvgIpc) is 2.65. The maximum Gasteiger partial charge on any atom is 0.357 e. The van der Waals surface area contributed by atoms with Crippen molar-refractivity contribution >= 4 is 58.3 Å². The molecule has 4 N–H and O–H groups in total. The number of hydrogen-bond donors (Lipinski definition) is 3. The number of benzene rings is 1. The Hall–Kier alpha value is -1.86. The highest BCUT2D eigenvalue weighted by Crippen LogP contribution is 2.33. The van der Waals surface area contributed by atoms with E-state index in [9.17, 15) is 19.2 Å². The van der Waals surface area contributed by atoms with Gasteiger partial charge in [-0.1, -0.05) is 46.9 Å². The number of nitrogens with two attached hydrogens (primary N) is 1. The van der Waals surface area contributed by atoms with Gasteiger partial charge in [0.2, 0.25) is 5.91 Å². The molecule has 1 aromatic rings. The van der Waals surface area contributed by atoms with E-state index in [1.54, 1.807) is 12.1 Å². The van der Waals surface area contributed by atoms with Crippen LogP contribution in [0.2, 0.25) is 0 Å². The molecule has 2 rings (SSSR count). The molecule has 1 aromatic carbocycles. The van der Waals surface area contributed by atoms with E-state index >= 15 is 0 Å². The van der Waals surface area contributed by atoms with E-state index in [-0.39, 0.29) is 12.3 Å². The van der Waals surface area contributed by atoms with E-state index in [2.05, 4.69) is 5.32 Å². The highest BCUT2D eigenvalue weighted by atomic mass is 127. The zero-order valence-electron chi connectivity index (χ0n) is 15.0. The molecule has 1 aliphatic heterocycles. The van der Waals surface area contributed by atoms with Crippen LogP contribution in [0.25, 0.3) is 0 Å². The van der Waals surface area contributed by atoms with Crippen LogP contribution in [0.4, 0.5) is 0 Å². The van der Waals surface area contributed by atoms with Crippen LogP contribution in [0, 0.1) is 0 Å². The third kappa shape index (κ3) is 5.58. The van der Waals surface area contributed by atoms with Crippen molar-refractivity contribution in [2.45, 2.75) is 37.4 Å². The molecule has 2 amide bonds. The molecule has 28 heavy (non-hydrogen) atoms. The molecule has 0 aliphatic carbocycles. The van der Waals surface area contributed by atoms with Gasteiger partial charge >= 0.3 is 11.9 Å². The lowest BCUT2D eigenvalue weighted by Gasteiger charge is -2.45. The summed E-state index contributed by atoms with van der Waals surface area (Å²) in [5, 5.41) is 11.8. The van der Waals surface area contributed by atoms with E-state index in [1.807, 2.05) is 34.7 Å². The zero-order chi connectivity index (χ0) is 20.8. The number of rotatable bonds is 9. The van der Waals surface area contributed by atoms with Crippen molar-refractivity contribution < 1.29 is 29.0 Å². The van der Waals surface area contributed by atoms with E-state index < -0.39 is 35.4 Å². The number of amides is 2. The Kier molecular flexibility index (Phi) is 8.07. The zero-order valence-corrected chi connectivity index (χ0v) is 17.9. The summed E-state index contributed by atoms with van der Waals surface area (Å²) in [4.78, 5) is 46.9. The summed E-state index contributed by atoms with van der Waals surface area (Å²) in [6.45, 7) is 1.51. The molecule has 0 bridgehead atoms. The molecule has 0 aromatic heterocycles. The topological polar surface area (TPSA) is 139 Å². The molecule has 1 heterocycles. The number of nitrogens with one attached hydrogen (secondary N) is 1. The van der Waals surface area contributed by atoms with Gasteiger partial charge < -0.3 is 20.9 Å². The van der Waals surface area contributed by atoms with E-state index in [0.29, 0.717) is 22.9 Å². The van der Waals surface area contributed by atoms with Gasteiger partial charge in [0.1, 0.15) is 6.04 Å². The van der Waals surface area contributed by atoms with Crippen LogP contribution in [-0.4, -0.2) is 55.1 Å². The Bertz CT molecular complexity index is 760. The number of aliphatic carboxylic acids is 1. The molecule has 3 unspecified atom stereocenters. The molecule has 3 atom stereocenters. The first kappa shape index (κ1) is 22.4. The number of carboxylic acid groups (broad SMARTS) is 1. The first-order valence-corrected chi connectivity index (χ1v) is 10.7. The molecular formula is C17H20IN3O6S. The van der Waals surface area contributed by atoms with Crippen LogP contribution in [0.15, 0.2) is 24.3 Å². The fourth-order valence-electron chi connectivity index (χ4n) is 2.53. The number of nitrogens with zero attached hydrogens (tertiary/aromatic N) is 1. The molecular weight excluding hydrogens is 501 g/mol. The third-order valence-electron chi connectivity index (χ3n) is 3.95. The molecule has 0 saturated carbocycles. The third-order valence-corrected chi connectivity index (χ3v) is 6.02. The summed E-state index contributed by atoms with van der Waals surface area (Å²) in [6, 6.07) is 6.14. The van der Waals surface area contributed by atoms with Crippen LogP contribution in [-0.2, 0) is 36.9 Å². The number of ether oxygens (including phenoxy) is 1. The molecule has 0 radical (unpaired) electrons. The van der Waals surface area contributed by atoms with Crippen molar-refractivity contribution in [2.24, 2.45) is 5.73 Å². The number of alkyl halides is 1. The van der Waals surface area contributed by atoms with Crippen molar-refractivity contribution in [1.29, 1.82) is 0 Å².